The molecule has 0 radical (unpaired) electrons. The van der Waals surface area contributed by atoms with Gasteiger partial charge in [-0.3, -0.25) is 14.4 Å². The summed E-state index contributed by atoms with van der Waals surface area (Å²) in [6, 6.07) is -0.632. The van der Waals surface area contributed by atoms with Crippen molar-refractivity contribution in [2.24, 2.45) is 23.7 Å². The molecule has 12 nitrogen and oxygen atoms in total. The van der Waals surface area contributed by atoms with Crippen molar-refractivity contribution in [1.82, 2.24) is 4.90 Å². The number of esters is 3. The van der Waals surface area contributed by atoms with E-state index in [2.05, 4.69) is 4.74 Å². The molecule has 1 saturated heterocycles. The molecule has 4 rings (SSSR count). The number of hydrogen-bond acceptors (Lipinski definition) is 11. The van der Waals surface area contributed by atoms with Gasteiger partial charge in [0.2, 0.25) is 5.91 Å². The maximum Gasteiger partial charge on any atom is 0.332 e. The van der Waals surface area contributed by atoms with Crippen LogP contribution in [0.3, 0.4) is 0 Å². The first-order valence-corrected chi connectivity index (χ1v) is 14.3. The van der Waals surface area contributed by atoms with Crippen LogP contribution in [0.25, 0.3) is 0 Å². The Bertz CT molecular complexity index is 1100. The van der Waals surface area contributed by atoms with E-state index in [1.165, 1.54) is 0 Å². The Labute approximate surface area is 224 Å². The zero-order valence-electron chi connectivity index (χ0n) is 22.2. The molecule has 1 amide bonds. The molecule has 16 heteroatoms. The Morgan fingerprint density at radius 1 is 1.07 bits per heavy atom. The van der Waals surface area contributed by atoms with Crippen LogP contribution < -0.4 is 0 Å². The zero-order valence-corrected chi connectivity index (χ0v) is 29.4. The van der Waals surface area contributed by atoms with Gasteiger partial charge in [0.05, 0.1) is 17.9 Å². The van der Waals surface area contributed by atoms with Gasteiger partial charge in [-0.25, -0.2) is 22.0 Å². The van der Waals surface area contributed by atoms with E-state index in [0.717, 1.165) is 32.1 Å². The minimum Gasteiger partial charge on any atom is -0.746 e. The molecule has 2 bridgehead atoms. The van der Waals surface area contributed by atoms with Crippen molar-refractivity contribution in [2.75, 3.05) is 13.2 Å². The SMILES string of the molecule is CC(C)N1C(=O)C2C3CC(C(OC(=O)COCC(=O)O[CH-]C(F)(F)S(=O)(=O)[O-])C31)C2C(=O)OC1CCCCC1.[Rf]. The molecule has 0 spiro atoms. The third-order valence-electron chi connectivity index (χ3n) is 7.94. The van der Waals surface area contributed by atoms with Gasteiger partial charge in [0.25, 0.3) is 5.25 Å². The first-order valence-electron chi connectivity index (χ1n) is 12.9. The van der Waals surface area contributed by atoms with Crippen molar-refractivity contribution in [3.63, 3.8) is 0 Å². The van der Waals surface area contributed by atoms with Crippen LogP contribution in [-0.2, 0) is 48.2 Å². The van der Waals surface area contributed by atoms with Crippen LogP contribution in [0, 0.1) is 30.3 Å². The van der Waals surface area contributed by atoms with Crippen molar-refractivity contribution < 1.29 is 59.9 Å². The van der Waals surface area contributed by atoms with E-state index < -0.39 is 83.0 Å². The molecule has 0 aromatic heterocycles. The Hall–Kier alpha value is -3.39. The second-order valence-corrected chi connectivity index (χ2v) is 12.2. The molecule has 1 heterocycles. The average molecular weight is 847 g/mol. The first-order chi connectivity index (χ1) is 18.2. The predicted molar refractivity (Wildman–Crippen MR) is 123 cm³/mol. The minimum atomic E-state index is -6.08. The van der Waals surface area contributed by atoms with Crippen molar-refractivity contribution >= 4 is 33.9 Å². The molecule has 6 atom stereocenters. The fourth-order valence-corrected chi connectivity index (χ4v) is 6.65. The summed E-state index contributed by atoms with van der Waals surface area (Å²) in [6.45, 7) is 1.13. The number of likely N-dealkylation sites (tertiary alicyclic amines) is 1. The van der Waals surface area contributed by atoms with Crippen molar-refractivity contribution in [3.05, 3.63) is 6.61 Å². The number of amides is 1. The fraction of sp³-hybridized carbons (Fsp3) is 0.792. The summed E-state index contributed by atoms with van der Waals surface area (Å²) in [4.78, 5) is 52.3. The summed E-state index contributed by atoms with van der Waals surface area (Å²) in [6.07, 6.45) is 4.06. The van der Waals surface area contributed by atoms with Crippen LogP contribution in [-0.4, -0.2) is 84.4 Å². The van der Waals surface area contributed by atoms with Gasteiger partial charge in [0, 0.05) is 12.0 Å². The number of halogens is 2. The molecule has 0 N–H and O–H groups in total. The Kier molecular flexibility index (Phi) is 9.04. The standard InChI is InChI=1S/C24H32F2NO11S.Rf/c1-12(2)27-20-14-8-15(19(18(14)22(27)30)23(31)37-13-6-4-3-5-7-13)21(20)38-17(29)10-35-9-16(28)36-11-24(25,26)39(32,33)34;/h11-15,18-21H,3-10H2,1-2H3,(H,32,33,34);/q-1;/p-1. The molecule has 0 aromatic rings. The van der Waals surface area contributed by atoms with E-state index in [4.69, 9.17) is 14.2 Å². The van der Waals surface area contributed by atoms with Gasteiger partial charge in [0.15, 0.2) is 0 Å². The summed E-state index contributed by atoms with van der Waals surface area (Å²) < 4.78 is 77.5. The Balaban J connectivity index is 0.00000441. The monoisotopic (exact) mass is 846 g/mol. The van der Waals surface area contributed by atoms with E-state index in [0.29, 0.717) is 6.42 Å². The van der Waals surface area contributed by atoms with Crippen LogP contribution in [0.4, 0.5) is 8.78 Å². The maximum absolute atomic E-state index is 13.3. The van der Waals surface area contributed by atoms with Crippen molar-refractivity contribution in [2.45, 2.75) is 81.9 Å². The molecule has 3 saturated carbocycles. The van der Waals surface area contributed by atoms with Crippen LogP contribution >= 0.6 is 0 Å². The summed E-state index contributed by atoms with van der Waals surface area (Å²) in [7, 11) is -6.08. The van der Waals surface area contributed by atoms with Gasteiger partial charge in [-0.2, -0.15) is 0 Å². The fourth-order valence-electron chi connectivity index (χ4n) is 6.48. The van der Waals surface area contributed by atoms with Gasteiger partial charge in [-0.15, -0.1) is 0 Å². The predicted octanol–water partition coefficient (Wildman–Crippen LogP) is 1.13. The molecule has 222 valence electrons. The van der Waals surface area contributed by atoms with Crippen LogP contribution in [0.15, 0.2) is 0 Å². The second kappa shape index (κ2) is 11.6. The zero-order chi connectivity index (χ0) is 28.7. The molecule has 6 unspecified atom stereocenters. The summed E-state index contributed by atoms with van der Waals surface area (Å²) in [5, 5.41) is -4.93. The topological polar surface area (TPSA) is 166 Å². The number of ether oxygens (including phenoxy) is 4. The van der Waals surface area contributed by atoms with Crippen LogP contribution in [0.5, 0.6) is 0 Å². The van der Waals surface area contributed by atoms with E-state index in [9.17, 15) is 40.9 Å². The summed E-state index contributed by atoms with van der Waals surface area (Å²) in [5.41, 5.74) is 0. The summed E-state index contributed by atoms with van der Waals surface area (Å²) >= 11 is 0. The number of carbonyl (C=O) groups excluding carboxylic acids is 4. The first kappa shape index (κ1) is 31.1. The van der Waals surface area contributed by atoms with Gasteiger partial charge in [0.1, 0.15) is 35.5 Å². The van der Waals surface area contributed by atoms with Crippen LogP contribution in [0.1, 0.15) is 52.4 Å². The number of alkyl halides is 2. The Morgan fingerprint density at radius 3 is 2.30 bits per heavy atom. The average Bonchev–Trinajstić information content (AvgIpc) is 3.45. The van der Waals surface area contributed by atoms with E-state index in [1.54, 1.807) is 4.90 Å². The van der Waals surface area contributed by atoms with Gasteiger partial charge >= 0.3 is 17.9 Å². The van der Waals surface area contributed by atoms with Crippen LogP contribution in [0.2, 0.25) is 0 Å². The molecule has 40 heavy (non-hydrogen) atoms. The largest absolute Gasteiger partial charge is 0.746 e. The number of hydrogen-bond donors (Lipinski definition) is 0. The molecule has 4 aliphatic rings. The summed E-state index contributed by atoms with van der Waals surface area (Å²) in [5.74, 6) is -4.92. The molecular weight excluding hydrogens is 815 g/mol. The molecule has 1 aliphatic heterocycles. The second-order valence-electron chi connectivity index (χ2n) is 10.7. The molecular formula is C24H31F2NO11RfS-2. The third kappa shape index (κ3) is 5.87. The van der Waals surface area contributed by atoms with E-state index in [1.807, 2.05) is 13.8 Å². The number of carbonyl (C=O) groups is 4. The molecule has 3 aliphatic carbocycles. The smallest absolute Gasteiger partial charge is 0.332 e. The van der Waals surface area contributed by atoms with Crippen molar-refractivity contribution in [1.29, 1.82) is 0 Å². The van der Waals surface area contributed by atoms with Gasteiger partial charge in [-0.05, 0) is 51.9 Å². The van der Waals surface area contributed by atoms with E-state index in [-0.39, 0.29) is 24.0 Å². The number of nitrogens with zero attached hydrogens (tertiary/aromatic N) is 1. The molecule has 0 aromatic carbocycles. The number of rotatable bonds is 11. The molecule has 4 fully saturated rings. The van der Waals surface area contributed by atoms with Gasteiger partial charge in [-0.1, -0.05) is 13.0 Å². The maximum atomic E-state index is 13.3. The van der Waals surface area contributed by atoms with Crippen molar-refractivity contribution in [3.8, 4) is 0 Å². The van der Waals surface area contributed by atoms with Gasteiger partial charge < -0.3 is 28.4 Å². The third-order valence-corrected chi connectivity index (χ3v) is 8.71. The Morgan fingerprint density at radius 2 is 1.70 bits per heavy atom. The van der Waals surface area contributed by atoms with E-state index >= 15 is 0 Å². The quantitative estimate of drug-likeness (QED) is 0.127. The number of fused-ring (bicyclic) bond motifs is 1. The normalized spacial score (nSPS) is 29.9. The minimum absolute atomic E-state index is 0.